The van der Waals surface area contributed by atoms with Gasteiger partial charge in [0.05, 0.1) is 16.9 Å². The van der Waals surface area contributed by atoms with Gasteiger partial charge in [-0.1, -0.05) is 6.07 Å². The van der Waals surface area contributed by atoms with E-state index in [9.17, 15) is 43.9 Å². The summed E-state index contributed by atoms with van der Waals surface area (Å²) in [4.78, 5) is 16.6. The number of halogens is 7. The highest BCUT2D eigenvalue weighted by Crippen LogP contribution is 2.38. The maximum absolute atomic E-state index is 13.9. The second kappa shape index (κ2) is 11.7. The van der Waals surface area contributed by atoms with Gasteiger partial charge in [0.25, 0.3) is 0 Å². The van der Waals surface area contributed by atoms with Crippen LogP contribution in [0.5, 0.6) is 0 Å². The summed E-state index contributed by atoms with van der Waals surface area (Å²) in [6.07, 6.45) is -8.65. The highest BCUT2D eigenvalue weighted by Gasteiger charge is 2.40. The van der Waals surface area contributed by atoms with Crippen molar-refractivity contribution < 1.29 is 43.9 Å². The number of carbonyl (C=O) groups excluding carboxylic acids is 1. The van der Waals surface area contributed by atoms with Gasteiger partial charge < -0.3 is 4.90 Å². The van der Waals surface area contributed by atoms with Crippen LogP contribution in [0.1, 0.15) is 47.1 Å². The monoisotopic (exact) mass is 596 g/mol. The second-order valence-corrected chi connectivity index (χ2v) is 12.7. The molecule has 2 aromatic carbocycles. The summed E-state index contributed by atoms with van der Waals surface area (Å²) in [5.41, 5.74) is -2.04. The van der Waals surface area contributed by atoms with E-state index in [1.54, 1.807) is 19.9 Å². The standard InChI is InChI=1S/C27H31F7N2O3S/c1-16-9-21(28)5-6-22(16)24-14-36(17(2)15-40(4,38)39)8-7-23(24)25(37)35(3)13-18-10-19(26(29,30)31)12-20(11-18)27(32,33)34/h5-6,9-12,17,23-24H,7-8,13-15H2,1-4H3. The Hall–Kier alpha value is -2.67. The van der Waals surface area contributed by atoms with Crippen molar-refractivity contribution in [2.45, 2.75) is 51.1 Å². The van der Waals surface area contributed by atoms with Crippen molar-refractivity contribution in [3.8, 4) is 0 Å². The second-order valence-electron chi connectivity index (χ2n) is 10.5. The molecule has 0 radical (unpaired) electrons. The van der Waals surface area contributed by atoms with E-state index in [1.807, 2.05) is 4.90 Å². The molecule has 1 heterocycles. The average molecular weight is 597 g/mol. The number of alkyl halides is 6. The molecule has 1 aliphatic heterocycles. The van der Waals surface area contributed by atoms with Crippen LogP contribution >= 0.6 is 0 Å². The number of hydrogen-bond donors (Lipinski definition) is 0. The molecule has 1 aliphatic rings. The van der Waals surface area contributed by atoms with Gasteiger partial charge in [-0.2, -0.15) is 26.3 Å². The Morgan fingerprint density at radius 1 is 1.05 bits per heavy atom. The third-order valence-corrected chi connectivity index (χ3v) is 8.29. The molecule has 0 N–H and O–H groups in total. The summed E-state index contributed by atoms with van der Waals surface area (Å²) >= 11 is 0. The van der Waals surface area contributed by atoms with E-state index in [0.29, 0.717) is 29.8 Å². The molecule has 40 heavy (non-hydrogen) atoms. The molecular formula is C27H31F7N2O3S. The Morgan fingerprint density at radius 2 is 1.62 bits per heavy atom. The van der Waals surface area contributed by atoms with Crippen LogP contribution < -0.4 is 0 Å². The van der Waals surface area contributed by atoms with Crippen LogP contribution in [0.2, 0.25) is 0 Å². The number of carbonyl (C=O) groups is 1. The normalized spacial score (nSPS) is 19.9. The lowest BCUT2D eigenvalue weighted by Crippen LogP contribution is -2.50. The van der Waals surface area contributed by atoms with Gasteiger partial charge >= 0.3 is 12.4 Å². The fourth-order valence-electron chi connectivity index (χ4n) is 5.33. The van der Waals surface area contributed by atoms with E-state index >= 15 is 0 Å². The number of benzene rings is 2. The lowest BCUT2D eigenvalue weighted by atomic mass is 9.78. The van der Waals surface area contributed by atoms with E-state index in [4.69, 9.17) is 0 Å². The minimum atomic E-state index is -5.01. The molecule has 13 heteroatoms. The van der Waals surface area contributed by atoms with Crippen molar-refractivity contribution in [1.29, 1.82) is 0 Å². The molecule has 1 amide bonds. The van der Waals surface area contributed by atoms with Gasteiger partial charge in [-0.05, 0) is 73.8 Å². The smallest absolute Gasteiger partial charge is 0.341 e. The van der Waals surface area contributed by atoms with E-state index in [1.165, 1.54) is 19.2 Å². The molecule has 0 aliphatic carbocycles. The quantitative estimate of drug-likeness (QED) is 0.387. The number of likely N-dealkylation sites (tertiary alicyclic amines) is 1. The van der Waals surface area contributed by atoms with Gasteiger partial charge in [-0.25, -0.2) is 12.8 Å². The summed E-state index contributed by atoms with van der Waals surface area (Å²) in [5, 5.41) is 0. The Kier molecular flexibility index (Phi) is 9.29. The van der Waals surface area contributed by atoms with Gasteiger partial charge in [-0.3, -0.25) is 9.69 Å². The van der Waals surface area contributed by atoms with Crippen molar-refractivity contribution in [2.75, 3.05) is 32.1 Å². The fraction of sp³-hybridized carbons (Fsp3) is 0.519. The molecule has 1 saturated heterocycles. The van der Waals surface area contributed by atoms with Crippen LogP contribution in [0, 0.1) is 18.7 Å². The highest BCUT2D eigenvalue weighted by molar-refractivity contribution is 7.90. The summed E-state index contributed by atoms with van der Waals surface area (Å²) < 4.78 is 117. The van der Waals surface area contributed by atoms with E-state index in [2.05, 4.69) is 0 Å². The SMILES string of the molecule is Cc1cc(F)ccc1C1CN(C(C)CS(C)(=O)=O)CCC1C(=O)N(C)Cc1cc(C(F)(F)F)cc(C(F)(F)F)c1. The summed E-state index contributed by atoms with van der Waals surface area (Å²) in [5.74, 6) is -2.32. The largest absolute Gasteiger partial charge is 0.416 e. The van der Waals surface area contributed by atoms with E-state index in [-0.39, 0.29) is 36.4 Å². The minimum Gasteiger partial charge on any atom is -0.341 e. The van der Waals surface area contributed by atoms with Crippen molar-refractivity contribution in [3.63, 3.8) is 0 Å². The number of hydrogen-bond acceptors (Lipinski definition) is 4. The van der Waals surface area contributed by atoms with Crippen LogP contribution in [-0.2, 0) is 33.5 Å². The number of amides is 1. The molecule has 0 spiro atoms. The van der Waals surface area contributed by atoms with Gasteiger partial charge in [0, 0.05) is 44.3 Å². The first kappa shape index (κ1) is 31.9. The lowest BCUT2D eigenvalue weighted by molar-refractivity contribution is -0.143. The zero-order valence-electron chi connectivity index (χ0n) is 22.4. The van der Waals surface area contributed by atoms with Crippen LogP contribution in [0.3, 0.4) is 0 Å². The molecule has 1 fully saturated rings. The molecule has 0 bridgehead atoms. The molecule has 0 aromatic heterocycles. The Bertz CT molecular complexity index is 1310. The number of aryl methyl sites for hydroxylation is 1. The minimum absolute atomic E-state index is 0.0338. The average Bonchev–Trinajstić information content (AvgIpc) is 2.81. The predicted molar refractivity (Wildman–Crippen MR) is 136 cm³/mol. The number of rotatable bonds is 7. The maximum atomic E-state index is 13.9. The van der Waals surface area contributed by atoms with Crippen molar-refractivity contribution in [1.82, 2.24) is 9.80 Å². The highest BCUT2D eigenvalue weighted by atomic mass is 32.2. The van der Waals surface area contributed by atoms with Crippen LogP contribution in [0.25, 0.3) is 0 Å². The zero-order valence-corrected chi connectivity index (χ0v) is 23.2. The molecule has 222 valence electrons. The molecule has 3 rings (SSSR count). The van der Waals surface area contributed by atoms with E-state index < -0.39 is 63.4 Å². The van der Waals surface area contributed by atoms with Crippen molar-refractivity contribution in [3.05, 3.63) is 70.0 Å². The van der Waals surface area contributed by atoms with Crippen molar-refractivity contribution in [2.24, 2.45) is 5.92 Å². The van der Waals surface area contributed by atoms with Crippen LogP contribution in [-0.4, -0.2) is 62.3 Å². The first-order valence-electron chi connectivity index (χ1n) is 12.5. The Labute approximate surface area is 228 Å². The molecule has 3 unspecified atom stereocenters. The summed E-state index contributed by atoms with van der Waals surface area (Å²) in [6, 6.07) is 4.94. The van der Waals surface area contributed by atoms with Crippen molar-refractivity contribution >= 4 is 15.7 Å². The Morgan fingerprint density at radius 3 is 2.12 bits per heavy atom. The van der Waals surface area contributed by atoms with Gasteiger partial charge in [0.1, 0.15) is 15.7 Å². The number of piperidine rings is 1. The summed E-state index contributed by atoms with van der Waals surface area (Å²) in [6.45, 7) is 3.53. The fourth-order valence-corrected chi connectivity index (χ4v) is 6.42. The third-order valence-electron chi connectivity index (χ3n) is 7.20. The molecule has 2 aromatic rings. The third kappa shape index (κ3) is 7.96. The first-order valence-corrected chi connectivity index (χ1v) is 14.5. The maximum Gasteiger partial charge on any atom is 0.416 e. The molecule has 5 nitrogen and oxygen atoms in total. The van der Waals surface area contributed by atoms with Crippen LogP contribution in [0.15, 0.2) is 36.4 Å². The number of sulfone groups is 1. The van der Waals surface area contributed by atoms with Gasteiger partial charge in [0.15, 0.2) is 0 Å². The molecule has 3 atom stereocenters. The van der Waals surface area contributed by atoms with Gasteiger partial charge in [0.2, 0.25) is 5.91 Å². The molecular weight excluding hydrogens is 565 g/mol. The first-order chi connectivity index (χ1) is 18.3. The van der Waals surface area contributed by atoms with Gasteiger partial charge in [-0.15, -0.1) is 0 Å². The molecule has 0 saturated carbocycles. The van der Waals surface area contributed by atoms with Crippen LogP contribution in [0.4, 0.5) is 30.7 Å². The summed E-state index contributed by atoms with van der Waals surface area (Å²) in [7, 11) is -1.99. The zero-order chi connectivity index (χ0) is 30.2. The lowest BCUT2D eigenvalue weighted by Gasteiger charge is -2.42. The number of nitrogens with zero attached hydrogens (tertiary/aromatic N) is 2. The Balaban J connectivity index is 1.92. The predicted octanol–water partition coefficient (Wildman–Crippen LogP) is 5.67. The van der Waals surface area contributed by atoms with E-state index in [0.717, 1.165) is 11.2 Å². The topological polar surface area (TPSA) is 57.7 Å².